The van der Waals surface area contributed by atoms with E-state index in [1.807, 2.05) is 0 Å². The predicted molar refractivity (Wildman–Crippen MR) is 119 cm³/mol. The zero-order valence-corrected chi connectivity index (χ0v) is 19.4. The highest BCUT2D eigenvalue weighted by Crippen LogP contribution is 2.64. The van der Waals surface area contributed by atoms with Crippen LogP contribution in [0.4, 0.5) is 0 Å². The molecule has 3 heteroatoms. The van der Waals surface area contributed by atoms with Crippen molar-refractivity contribution >= 4 is 5.97 Å². The Hall–Kier alpha value is -0.830. The van der Waals surface area contributed by atoms with E-state index in [1.165, 1.54) is 19.3 Å². The summed E-state index contributed by atoms with van der Waals surface area (Å²) in [6.07, 6.45) is 12.1. The minimum Gasteiger partial charge on any atom is -0.481 e. The largest absolute Gasteiger partial charge is 0.481 e. The van der Waals surface area contributed by atoms with Crippen molar-refractivity contribution < 1.29 is 15.0 Å². The molecule has 10 unspecified atom stereocenters. The Balaban J connectivity index is 1.48. The molecule has 3 nitrogen and oxygen atoms in total. The van der Waals surface area contributed by atoms with Crippen molar-refractivity contribution in [1.29, 1.82) is 0 Å². The number of allylic oxidation sites excluding steroid dienone is 2. The maximum atomic E-state index is 12.6. The van der Waals surface area contributed by atoms with Crippen molar-refractivity contribution in [1.82, 2.24) is 0 Å². The highest BCUT2D eigenvalue weighted by Gasteiger charge is 2.60. The molecule has 4 fully saturated rings. The molecule has 0 aromatic rings. The number of aliphatic carboxylic acids is 1. The van der Waals surface area contributed by atoms with Gasteiger partial charge in [0.1, 0.15) is 0 Å². The van der Waals surface area contributed by atoms with Gasteiger partial charge >= 0.3 is 5.97 Å². The van der Waals surface area contributed by atoms with E-state index in [4.69, 9.17) is 0 Å². The second kappa shape index (κ2) is 7.09. The molecule has 0 aromatic heterocycles. The van der Waals surface area contributed by atoms with E-state index in [0.29, 0.717) is 23.7 Å². The number of carbonyl (C=O) groups is 1. The highest BCUT2D eigenvalue weighted by molar-refractivity contribution is 5.76. The van der Waals surface area contributed by atoms with E-state index in [1.54, 1.807) is 5.57 Å². The second-order valence-electron chi connectivity index (χ2n) is 12.5. The summed E-state index contributed by atoms with van der Waals surface area (Å²) in [5.41, 5.74) is 1.09. The van der Waals surface area contributed by atoms with Crippen molar-refractivity contribution in [3.05, 3.63) is 11.6 Å². The van der Waals surface area contributed by atoms with E-state index in [0.717, 1.165) is 56.3 Å². The quantitative estimate of drug-likeness (QED) is 0.524. The Morgan fingerprint density at radius 2 is 1.67 bits per heavy atom. The fourth-order valence-electron chi connectivity index (χ4n) is 9.38. The van der Waals surface area contributed by atoms with Crippen LogP contribution in [-0.4, -0.2) is 22.3 Å². The van der Waals surface area contributed by atoms with Crippen LogP contribution in [0.2, 0.25) is 0 Å². The van der Waals surface area contributed by atoms with Gasteiger partial charge in [-0.25, -0.2) is 0 Å². The Kier molecular flexibility index (Phi) is 4.97. The lowest BCUT2D eigenvalue weighted by atomic mass is 9.44. The fourth-order valence-corrected chi connectivity index (χ4v) is 9.38. The molecule has 168 valence electrons. The second-order valence-corrected chi connectivity index (χ2v) is 12.5. The molecule has 0 amide bonds. The van der Waals surface area contributed by atoms with Crippen LogP contribution in [-0.2, 0) is 4.79 Å². The number of carboxylic acids is 1. The van der Waals surface area contributed by atoms with Crippen molar-refractivity contribution in [2.75, 3.05) is 0 Å². The molecule has 0 aliphatic heterocycles. The van der Waals surface area contributed by atoms with E-state index in [-0.39, 0.29) is 17.4 Å². The van der Waals surface area contributed by atoms with Crippen LogP contribution in [0.15, 0.2) is 11.6 Å². The van der Waals surface area contributed by atoms with Crippen molar-refractivity contribution in [3.63, 3.8) is 0 Å². The van der Waals surface area contributed by atoms with Crippen LogP contribution in [0.5, 0.6) is 0 Å². The highest BCUT2D eigenvalue weighted by atomic mass is 16.4. The van der Waals surface area contributed by atoms with Crippen LogP contribution in [0.3, 0.4) is 0 Å². The predicted octanol–water partition coefficient (Wildman–Crippen LogP) is 5.92. The summed E-state index contributed by atoms with van der Waals surface area (Å²) in [5.74, 6) is 4.31. The van der Waals surface area contributed by atoms with Crippen LogP contribution in [0, 0.1) is 58.2 Å². The van der Waals surface area contributed by atoms with Crippen molar-refractivity contribution in [3.8, 4) is 0 Å². The monoisotopic (exact) mass is 414 g/mol. The molecular weight excluding hydrogens is 372 g/mol. The lowest BCUT2D eigenvalue weighted by molar-refractivity contribution is -0.162. The van der Waals surface area contributed by atoms with Crippen LogP contribution < -0.4 is 0 Å². The molecule has 0 radical (unpaired) electrons. The first-order valence-electron chi connectivity index (χ1n) is 12.8. The first kappa shape index (κ1) is 21.0. The van der Waals surface area contributed by atoms with Crippen LogP contribution in [0.1, 0.15) is 85.5 Å². The average Bonchev–Trinajstić information content (AvgIpc) is 2.72. The van der Waals surface area contributed by atoms with Gasteiger partial charge in [0.2, 0.25) is 0 Å². The van der Waals surface area contributed by atoms with Gasteiger partial charge in [0.05, 0.1) is 11.5 Å². The zero-order valence-electron chi connectivity index (χ0n) is 19.4. The molecule has 0 saturated heterocycles. The van der Waals surface area contributed by atoms with E-state index < -0.39 is 11.4 Å². The van der Waals surface area contributed by atoms with E-state index in [9.17, 15) is 15.0 Å². The van der Waals surface area contributed by atoms with Gasteiger partial charge in [-0.2, -0.15) is 0 Å². The number of carboxylic acid groups (broad SMARTS) is 1. The van der Waals surface area contributed by atoms with Gasteiger partial charge in [-0.3, -0.25) is 4.79 Å². The third kappa shape index (κ3) is 2.76. The van der Waals surface area contributed by atoms with Gasteiger partial charge < -0.3 is 10.2 Å². The Labute approximate surface area is 182 Å². The summed E-state index contributed by atoms with van der Waals surface area (Å²) in [4.78, 5) is 12.6. The molecule has 10 atom stereocenters. The molecule has 5 aliphatic carbocycles. The number of aliphatic hydroxyl groups excluding tert-OH is 1. The molecule has 0 bridgehead atoms. The maximum Gasteiger partial charge on any atom is 0.310 e. The van der Waals surface area contributed by atoms with Crippen molar-refractivity contribution in [2.45, 2.75) is 91.6 Å². The SMILES string of the molecule is CC1CCC2(C(=O)O)CCC3C(=CCC4C3CCC3C4CCC(O)C3(C)C)C2C1C. The number of fused-ring (bicyclic) bond motifs is 7. The summed E-state index contributed by atoms with van der Waals surface area (Å²) in [6, 6.07) is 0. The molecule has 0 heterocycles. The molecule has 0 spiro atoms. The van der Waals surface area contributed by atoms with Gasteiger partial charge in [0, 0.05) is 0 Å². The number of aliphatic hydroxyl groups is 1. The first-order chi connectivity index (χ1) is 14.2. The topological polar surface area (TPSA) is 57.5 Å². The molecule has 5 rings (SSSR count). The molecule has 0 aromatic carbocycles. The Bertz CT molecular complexity index is 738. The summed E-state index contributed by atoms with van der Waals surface area (Å²) in [5, 5.41) is 21.0. The molecule has 2 N–H and O–H groups in total. The van der Waals surface area contributed by atoms with Gasteiger partial charge in [-0.1, -0.05) is 39.3 Å². The summed E-state index contributed by atoms with van der Waals surface area (Å²) in [7, 11) is 0. The van der Waals surface area contributed by atoms with E-state index in [2.05, 4.69) is 33.8 Å². The standard InChI is InChI=1S/C27H42O3/c1-15-11-13-27(25(29)30)14-12-19-17-7-9-22-20(8-10-23(28)26(22,3)4)18(17)5-6-21(19)24(27)16(15)2/h6,15-20,22-24,28H,5,7-14H2,1-4H3,(H,29,30). The molecular formula is C27H42O3. The molecule has 30 heavy (non-hydrogen) atoms. The zero-order chi connectivity index (χ0) is 21.4. The summed E-state index contributed by atoms with van der Waals surface area (Å²) in [6.45, 7) is 9.27. The Morgan fingerprint density at radius 3 is 2.40 bits per heavy atom. The maximum absolute atomic E-state index is 12.6. The van der Waals surface area contributed by atoms with Gasteiger partial charge in [0.25, 0.3) is 0 Å². The average molecular weight is 415 g/mol. The number of hydrogen-bond acceptors (Lipinski definition) is 2. The molecule has 4 saturated carbocycles. The van der Waals surface area contributed by atoms with Gasteiger partial charge in [0.15, 0.2) is 0 Å². The van der Waals surface area contributed by atoms with Crippen molar-refractivity contribution in [2.24, 2.45) is 58.2 Å². The first-order valence-corrected chi connectivity index (χ1v) is 12.8. The smallest absolute Gasteiger partial charge is 0.310 e. The third-order valence-corrected chi connectivity index (χ3v) is 11.3. The third-order valence-electron chi connectivity index (χ3n) is 11.3. The van der Waals surface area contributed by atoms with Gasteiger partial charge in [-0.05, 0) is 111 Å². The van der Waals surface area contributed by atoms with Crippen LogP contribution >= 0.6 is 0 Å². The minimum absolute atomic E-state index is 0.0379. The number of hydrogen-bond donors (Lipinski definition) is 2. The Morgan fingerprint density at radius 1 is 0.967 bits per heavy atom. The normalized spacial score (nSPS) is 52.2. The summed E-state index contributed by atoms with van der Waals surface area (Å²) >= 11 is 0. The molecule has 5 aliphatic rings. The van der Waals surface area contributed by atoms with Gasteiger partial charge in [-0.15, -0.1) is 0 Å². The fraction of sp³-hybridized carbons (Fsp3) is 0.889. The lowest BCUT2D eigenvalue weighted by Gasteiger charge is -2.60. The summed E-state index contributed by atoms with van der Waals surface area (Å²) < 4.78 is 0. The minimum atomic E-state index is -0.528. The van der Waals surface area contributed by atoms with Crippen LogP contribution in [0.25, 0.3) is 0 Å². The van der Waals surface area contributed by atoms with E-state index >= 15 is 0 Å². The lowest BCUT2D eigenvalue weighted by Crippen LogP contribution is -2.56. The number of rotatable bonds is 1.